The number of rotatable bonds is 25. The average Bonchev–Trinajstić information content (AvgIpc) is 3.61. The van der Waals surface area contributed by atoms with Gasteiger partial charge in [-0.2, -0.15) is 0 Å². The Hall–Kier alpha value is -5.01. The number of aromatic nitrogens is 2. The average molecular weight is 968 g/mol. The SMILES string of the molecule is C=CN(C)C(C(=C)NC(Cc1cc(C)cc(-c2ccc3c(c2)c(CC(C)(C)CCC(=C)C)c(-c2cc(C#CCN4CCS(=C)(=O)CC4)cnc2C(C)CC)n3CC)c1)C(=C)N(C)CCCCN)C(C)C. The Balaban J connectivity index is 1.65. The van der Waals surface area contributed by atoms with E-state index in [1.54, 1.807) is 0 Å². The number of unbranched alkanes of at least 4 members (excludes halogenated alkanes) is 1. The summed E-state index contributed by atoms with van der Waals surface area (Å²) in [6.07, 6.45) is 10.5. The van der Waals surface area contributed by atoms with E-state index in [9.17, 15) is 4.21 Å². The Morgan fingerprint density at radius 1 is 1.03 bits per heavy atom. The maximum absolute atomic E-state index is 12.5. The minimum absolute atomic E-state index is 0.00123. The van der Waals surface area contributed by atoms with E-state index in [1.807, 2.05) is 12.4 Å². The Bertz CT molecular complexity index is 2640. The van der Waals surface area contributed by atoms with Gasteiger partial charge in [0.05, 0.1) is 30.0 Å². The number of allylic oxidation sites excluding steroid dienone is 1. The number of hydrogen-bond acceptors (Lipinski definition) is 7. The minimum Gasteiger partial charge on any atom is -0.379 e. The first-order valence-electron chi connectivity index (χ1n) is 26.0. The molecular weight excluding hydrogens is 879 g/mol. The third-order valence-electron chi connectivity index (χ3n) is 14.5. The lowest BCUT2D eigenvalue weighted by Crippen LogP contribution is -2.45. The molecule has 2 aromatic carbocycles. The smallest absolute Gasteiger partial charge is 0.0696 e. The quantitative estimate of drug-likeness (QED) is 0.0296. The zero-order valence-corrected chi connectivity index (χ0v) is 46.1. The summed E-state index contributed by atoms with van der Waals surface area (Å²) in [7, 11) is 2.26. The Labute approximate surface area is 425 Å². The molecule has 3 N–H and O–H groups in total. The molecule has 0 spiro atoms. The summed E-state index contributed by atoms with van der Waals surface area (Å²) in [6.45, 7) is 42.7. The summed E-state index contributed by atoms with van der Waals surface area (Å²) in [5.41, 5.74) is 21.0. The first-order chi connectivity index (χ1) is 33.1. The molecule has 1 aliphatic heterocycles. The van der Waals surface area contributed by atoms with Crippen molar-refractivity contribution in [1.29, 1.82) is 0 Å². The highest BCUT2D eigenvalue weighted by Gasteiger charge is 2.29. The number of likely N-dealkylation sites (N-methyl/N-ethyl adjacent to an activating group) is 2. The lowest BCUT2D eigenvalue weighted by Gasteiger charge is -2.36. The van der Waals surface area contributed by atoms with Gasteiger partial charge >= 0.3 is 0 Å². The molecule has 380 valence electrons. The van der Waals surface area contributed by atoms with Gasteiger partial charge in [-0.25, -0.2) is 0 Å². The molecule has 0 saturated carbocycles. The van der Waals surface area contributed by atoms with Gasteiger partial charge in [-0.1, -0.05) is 109 Å². The van der Waals surface area contributed by atoms with Gasteiger partial charge in [0, 0.05) is 91.4 Å². The summed E-state index contributed by atoms with van der Waals surface area (Å²) in [4.78, 5) is 12.0. The molecule has 1 saturated heterocycles. The standard InChI is InChI=1S/C61H89N7OS/c1-17-46(9)58-54(38-49(42-63-58)23-22-30-67-31-33-70(16,69)34-32-67)60-55(41-61(12,13)27-26-43(4)5)53-40-51(24-25-57(53)68(60)19-3)52-36-45(8)35-50(37-52)39-56(48(11)66(15)29-21-20-28-62)64-47(10)59(44(6)7)65(14)18-2/h18,24-25,35-38,40,42,44,46,56,59,64H,2,4,10-11,16-17,19-21,26-34,39,41,62H2,1,3,5-9,12-15H3. The highest BCUT2D eigenvalue weighted by atomic mass is 32.2. The van der Waals surface area contributed by atoms with Crippen LogP contribution in [0.4, 0.5) is 0 Å². The topological polar surface area (TPSA) is 82.7 Å². The predicted molar refractivity (Wildman–Crippen MR) is 306 cm³/mol. The monoisotopic (exact) mass is 968 g/mol. The van der Waals surface area contributed by atoms with Crippen molar-refractivity contribution in [1.82, 2.24) is 29.6 Å². The van der Waals surface area contributed by atoms with Crippen LogP contribution in [0.3, 0.4) is 0 Å². The van der Waals surface area contributed by atoms with Crippen LogP contribution in [0, 0.1) is 30.1 Å². The fourth-order valence-electron chi connectivity index (χ4n) is 10.2. The van der Waals surface area contributed by atoms with E-state index >= 15 is 0 Å². The summed E-state index contributed by atoms with van der Waals surface area (Å²) in [5.74, 6) is 12.8. The van der Waals surface area contributed by atoms with Gasteiger partial charge in [-0.15, -0.1) is 6.58 Å². The summed E-state index contributed by atoms with van der Waals surface area (Å²) in [6, 6.07) is 16.5. The van der Waals surface area contributed by atoms with E-state index in [0.29, 0.717) is 30.5 Å². The van der Waals surface area contributed by atoms with Crippen LogP contribution in [0.15, 0.2) is 98.1 Å². The van der Waals surface area contributed by atoms with E-state index in [1.165, 1.54) is 55.6 Å². The number of pyridine rings is 1. The fraction of sp³-hybridized carbons (Fsp3) is 0.508. The Morgan fingerprint density at radius 3 is 2.37 bits per heavy atom. The molecule has 0 radical (unpaired) electrons. The Morgan fingerprint density at radius 2 is 1.74 bits per heavy atom. The largest absolute Gasteiger partial charge is 0.379 e. The fourth-order valence-corrected chi connectivity index (χ4v) is 11.5. The van der Waals surface area contributed by atoms with Crippen LogP contribution in [-0.2, 0) is 28.9 Å². The molecule has 0 bridgehead atoms. The molecule has 2 aromatic heterocycles. The van der Waals surface area contributed by atoms with E-state index in [0.717, 1.165) is 93.8 Å². The van der Waals surface area contributed by atoms with Gasteiger partial charge in [0.25, 0.3) is 0 Å². The van der Waals surface area contributed by atoms with Crippen molar-refractivity contribution in [2.24, 2.45) is 17.1 Å². The lowest BCUT2D eigenvalue weighted by atomic mass is 9.79. The first kappa shape index (κ1) is 55.9. The van der Waals surface area contributed by atoms with Crippen LogP contribution in [-0.4, -0.2) is 105 Å². The molecule has 3 heterocycles. The van der Waals surface area contributed by atoms with E-state index in [4.69, 9.17) is 10.7 Å². The third-order valence-corrected chi connectivity index (χ3v) is 16.4. The maximum Gasteiger partial charge on any atom is 0.0696 e. The summed E-state index contributed by atoms with van der Waals surface area (Å²) in [5, 5.41) is 5.16. The summed E-state index contributed by atoms with van der Waals surface area (Å²) >= 11 is 0. The zero-order chi connectivity index (χ0) is 51.5. The van der Waals surface area contributed by atoms with Crippen molar-refractivity contribution >= 4 is 26.3 Å². The maximum atomic E-state index is 12.5. The van der Waals surface area contributed by atoms with Crippen molar-refractivity contribution in [2.75, 3.05) is 58.3 Å². The van der Waals surface area contributed by atoms with Gasteiger partial charge in [0.1, 0.15) is 0 Å². The van der Waals surface area contributed by atoms with Crippen molar-refractivity contribution in [3.05, 3.63) is 126 Å². The van der Waals surface area contributed by atoms with Gasteiger partial charge < -0.3 is 25.4 Å². The van der Waals surface area contributed by atoms with Gasteiger partial charge in [-0.05, 0) is 152 Å². The molecule has 0 aliphatic carbocycles. The molecule has 0 amide bonds. The van der Waals surface area contributed by atoms with E-state index in [2.05, 4.69) is 187 Å². The predicted octanol–water partition coefficient (Wildman–Crippen LogP) is 11.8. The molecule has 8 nitrogen and oxygen atoms in total. The number of nitrogens with one attached hydrogen (secondary N) is 1. The summed E-state index contributed by atoms with van der Waals surface area (Å²) < 4.78 is 15.1. The number of hydrogen-bond donors (Lipinski definition) is 2. The second kappa shape index (κ2) is 24.9. The number of nitrogens with two attached hydrogens (primary N) is 1. The van der Waals surface area contributed by atoms with E-state index in [-0.39, 0.29) is 23.4 Å². The third kappa shape index (κ3) is 14.5. The van der Waals surface area contributed by atoms with Crippen molar-refractivity contribution in [2.45, 2.75) is 132 Å². The highest BCUT2D eigenvalue weighted by Crippen LogP contribution is 2.43. The molecule has 3 unspecified atom stereocenters. The van der Waals surface area contributed by atoms with Crippen LogP contribution < -0.4 is 11.1 Å². The zero-order valence-electron chi connectivity index (χ0n) is 45.3. The van der Waals surface area contributed by atoms with Crippen LogP contribution >= 0.6 is 0 Å². The van der Waals surface area contributed by atoms with Crippen molar-refractivity contribution in [3.8, 4) is 34.2 Å². The second-order valence-corrected chi connectivity index (χ2v) is 24.3. The molecule has 3 atom stereocenters. The minimum atomic E-state index is -1.96. The van der Waals surface area contributed by atoms with Gasteiger partial charge in [-0.3, -0.25) is 14.1 Å². The number of fused-ring (bicyclic) bond motifs is 1. The van der Waals surface area contributed by atoms with Crippen molar-refractivity contribution in [3.63, 3.8) is 0 Å². The molecule has 5 rings (SSSR count). The van der Waals surface area contributed by atoms with Gasteiger partial charge in [0.2, 0.25) is 0 Å². The van der Waals surface area contributed by atoms with Crippen LogP contribution in [0.5, 0.6) is 0 Å². The normalized spacial score (nSPS) is 15.2. The van der Waals surface area contributed by atoms with Gasteiger partial charge in [0.15, 0.2) is 0 Å². The molecule has 1 fully saturated rings. The van der Waals surface area contributed by atoms with Crippen LogP contribution in [0.1, 0.15) is 121 Å². The first-order valence-corrected chi connectivity index (χ1v) is 28.0. The van der Waals surface area contributed by atoms with Crippen LogP contribution in [0.2, 0.25) is 0 Å². The molecule has 9 heteroatoms. The molecule has 70 heavy (non-hydrogen) atoms. The van der Waals surface area contributed by atoms with Crippen LogP contribution in [0.25, 0.3) is 33.3 Å². The molecular formula is C61H89N7OS. The molecule has 4 aromatic rings. The second-order valence-electron chi connectivity index (χ2n) is 21.6. The Kier molecular flexibility index (Phi) is 19.9. The van der Waals surface area contributed by atoms with Crippen molar-refractivity contribution < 1.29 is 4.21 Å². The van der Waals surface area contributed by atoms with E-state index < -0.39 is 9.52 Å². The number of nitrogens with zero attached hydrogens (tertiary/aromatic N) is 5. The number of benzene rings is 2. The highest BCUT2D eigenvalue weighted by molar-refractivity contribution is 8.00. The lowest BCUT2D eigenvalue weighted by molar-refractivity contribution is 0.277. The number of aryl methyl sites for hydroxylation is 2. The molecule has 1 aliphatic rings.